The van der Waals surface area contributed by atoms with Crippen molar-refractivity contribution in [3.63, 3.8) is 0 Å². The van der Waals surface area contributed by atoms with Crippen LogP contribution in [0.3, 0.4) is 0 Å². The lowest BCUT2D eigenvalue weighted by atomic mass is 9.93. The molecule has 0 saturated heterocycles. The molecule has 1 aromatic heterocycles. The number of halogens is 1. The fourth-order valence-corrected chi connectivity index (χ4v) is 3.09. The Labute approximate surface area is 97.3 Å². The molecule has 80 valence electrons. The molecular formula is C10H16BrNOS. The fraction of sp³-hybridized carbons (Fsp3) is 0.600. The van der Waals surface area contributed by atoms with E-state index in [1.165, 1.54) is 4.88 Å². The van der Waals surface area contributed by atoms with E-state index >= 15 is 0 Å². The van der Waals surface area contributed by atoms with Crippen LogP contribution < -0.4 is 5.73 Å². The molecule has 0 saturated carbocycles. The average Bonchev–Trinajstić information content (AvgIpc) is 2.51. The van der Waals surface area contributed by atoms with Crippen LogP contribution in [0.4, 0.5) is 0 Å². The van der Waals surface area contributed by atoms with Crippen LogP contribution in [0.5, 0.6) is 0 Å². The summed E-state index contributed by atoms with van der Waals surface area (Å²) in [6.45, 7) is 2.39. The summed E-state index contributed by atoms with van der Waals surface area (Å²) in [5.74, 6) is 0. The molecule has 1 aromatic rings. The molecule has 0 spiro atoms. The van der Waals surface area contributed by atoms with Gasteiger partial charge in [0.1, 0.15) is 0 Å². The molecule has 4 heteroatoms. The summed E-state index contributed by atoms with van der Waals surface area (Å²) in [7, 11) is 0. The maximum absolute atomic E-state index is 10.1. The number of hydrogen-bond donors (Lipinski definition) is 2. The third-order valence-corrected chi connectivity index (χ3v) is 3.92. The average molecular weight is 278 g/mol. The van der Waals surface area contributed by atoms with Gasteiger partial charge >= 0.3 is 0 Å². The van der Waals surface area contributed by atoms with Gasteiger partial charge < -0.3 is 10.8 Å². The van der Waals surface area contributed by atoms with Crippen molar-refractivity contribution in [2.24, 2.45) is 5.73 Å². The topological polar surface area (TPSA) is 46.2 Å². The standard InChI is InChI=1S/C10H16BrNOS/c1-2-3-10(13,7-12)5-9-4-8(11)6-14-9/h4,6,13H,2-3,5,7,12H2,1H3. The quantitative estimate of drug-likeness (QED) is 0.869. The molecule has 0 bridgehead atoms. The van der Waals surface area contributed by atoms with Gasteiger partial charge in [-0.15, -0.1) is 11.3 Å². The van der Waals surface area contributed by atoms with E-state index < -0.39 is 5.60 Å². The molecule has 1 unspecified atom stereocenters. The summed E-state index contributed by atoms with van der Waals surface area (Å²) in [6, 6.07) is 2.04. The smallest absolute Gasteiger partial charge is 0.0817 e. The van der Waals surface area contributed by atoms with Crippen LogP contribution in [0.2, 0.25) is 0 Å². The summed E-state index contributed by atoms with van der Waals surface area (Å²) < 4.78 is 1.08. The van der Waals surface area contributed by atoms with Crippen molar-refractivity contribution in [3.8, 4) is 0 Å². The molecule has 1 atom stereocenters. The monoisotopic (exact) mass is 277 g/mol. The van der Waals surface area contributed by atoms with Crippen molar-refractivity contribution in [1.29, 1.82) is 0 Å². The van der Waals surface area contributed by atoms with E-state index in [4.69, 9.17) is 5.73 Å². The van der Waals surface area contributed by atoms with Crippen LogP contribution in [-0.2, 0) is 6.42 Å². The second-order valence-electron chi connectivity index (χ2n) is 3.59. The van der Waals surface area contributed by atoms with E-state index in [0.717, 1.165) is 17.3 Å². The Morgan fingerprint density at radius 1 is 1.64 bits per heavy atom. The highest BCUT2D eigenvalue weighted by atomic mass is 79.9. The highest BCUT2D eigenvalue weighted by Crippen LogP contribution is 2.25. The lowest BCUT2D eigenvalue weighted by molar-refractivity contribution is 0.0406. The zero-order valence-corrected chi connectivity index (χ0v) is 10.7. The molecule has 0 aliphatic rings. The Kier molecular flexibility index (Phi) is 4.57. The molecule has 0 amide bonds. The maximum Gasteiger partial charge on any atom is 0.0817 e. The third kappa shape index (κ3) is 3.35. The summed E-state index contributed by atoms with van der Waals surface area (Å²) in [6.07, 6.45) is 2.38. The Bertz CT molecular complexity index is 289. The number of nitrogens with two attached hydrogens (primary N) is 1. The van der Waals surface area contributed by atoms with Gasteiger partial charge in [-0.2, -0.15) is 0 Å². The first-order valence-corrected chi connectivity index (χ1v) is 6.42. The van der Waals surface area contributed by atoms with Crippen LogP contribution in [0.15, 0.2) is 15.9 Å². The second kappa shape index (κ2) is 5.26. The lowest BCUT2D eigenvalue weighted by Gasteiger charge is -2.25. The van der Waals surface area contributed by atoms with Crippen LogP contribution >= 0.6 is 27.3 Å². The first-order chi connectivity index (χ1) is 6.59. The van der Waals surface area contributed by atoms with E-state index in [9.17, 15) is 5.11 Å². The molecule has 2 nitrogen and oxygen atoms in total. The SMILES string of the molecule is CCCC(O)(CN)Cc1cc(Br)cs1. The molecule has 14 heavy (non-hydrogen) atoms. The Balaban J connectivity index is 2.64. The summed E-state index contributed by atoms with van der Waals surface area (Å²) in [5, 5.41) is 12.2. The van der Waals surface area contributed by atoms with Crippen molar-refractivity contribution >= 4 is 27.3 Å². The minimum atomic E-state index is -0.723. The minimum Gasteiger partial charge on any atom is -0.388 e. The van der Waals surface area contributed by atoms with Crippen molar-refractivity contribution in [3.05, 3.63) is 20.8 Å². The fourth-order valence-electron chi connectivity index (χ4n) is 1.50. The number of aliphatic hydroxyl groups is 1. The van der Waals surface area contributed by atoms with Gasteiger partial charge in [-0.3, -0.25) is 0 Å². The summed E-state index contributed by atoms with van der Waals surface area (Å²) in [5.41, 5.74) is 4.87. The molecule has 1 rings (SSSR count). The molecule has 0 aliphatic carbocycles. The Morgan fingerprint density at radius 2 is 2.36 bits per heavy atom. The van der Waals surface area contributed by atoms with Crippen molar-refractivity contribution in [2.75, 3.05) is 6.54 Å². The van der Waals surface area contributed by atoms with Gasteiger partial charge in [-0.05, 0) is 28.4 Å². The number of thiophene rings is 1. The van der Waals surface area contributed by atoms with Gasteiger partial charge in [0.25, 0.3) is 0 Å². The van der Waals surface area contributed by atoms with Crippen LogP contribution in [0.1, 0.15) is 24.6 Å². The number of hydrogen-bond acceptors (Lipinski definition) is 3. The summed E-state index contributed by atoms with van der Waals surface area (Å²) >= 11 is 5.05. The summed E-state index contributed by atoms with van der Waals surface area (Å²) in [4.78, 5) is 1.18. The first kappa shape index (κ1) is 12.2. The van der Waals surface area contributed by atoms with Crippen LogP contribution in [0, 0.1) is 0 Å². The first-order valence-electron chi connectivity index (χ1n) is 4.75. The van der Waals surface area contributed by atoms with Gasteiger partial charge in [0.15, 0.2) is 0 Å². The van der Waals surface area contributed by atoms with Crippen LogP contribution in [0.25, 0.3) is 0 Å². The van der Waals surface area contributed by atoms with Gasteiger partial charge in [0, 0.05) is 27.7 Å². The lowest BCUT2D eigenvalue weighted by Crippen LogP contribution is -2.39. The maximum atomic E-state index is 10.1. The molecule has 3 N–H and O–H groups in total. The van der Waals surface area contributed by atoms with Gasteiger partial charge in [-0.25, -0.2) is 0 Å². The normalized spacial score (nSPS) is 15.4. The van der Waals surface area contributed by atoms with E-state index in [0.29, 0.717) is 13.0 Å². The van der Waals surface area contributed by atoms with Gasteiger partial charge in [-0.1, -0.05) is 13.3 Å². The van der Waals surface area contributed by atoms with Gasteiger partial charge in [0.2, 0.25) is 0 Å². The third-order valence-electron chi connectivity index (χ3n) is 2.22. The largest absolute Gasteiger partial charge is 0.388 e. The molecule has 0 aromatic carbocycles. The molecule has 0 fully saturated rings. The van der Waals surface area contributed by atoms with E-state index in [-0.39, 0.29) is 0 Å². The van der Waals surface area contributed by atoms with Crippen LogP contribution in [-0.4, -0.2) is 17.3 Å². The second-order valence-corrected chi connectivity index (χ2v) is 5.50. The Hall–Kier alpha value is 0.1000. The number of rotatable bonds is 5. The molecule has 1 heterocycles. The van der Waals surface area contributed by atoms with E-state index in [1.54, 1.807) is 11.3 Å². The van der Waals surface area contributed by atoms with Crippen molar-refractivity contribution < 1.29 is 5.11 Å². The van der Waals surface area contributed by atoms with E-state index in [2.05, 4.69) is 22.9 Å². The molecular weight excluding hydrogens is 262 g/mol. The minimum absolute atomic E-state index is 0.330. The van der Waals surface area contributed by atoms with Gasteiger partial charge in [0.05, 0.1) is 5.60 Å². The van der Waals surface area contributed by atoms with Crippen molar-refractivity contribution in [1.82, 2.24) is 0 Å². The molecule has 0 aliphatic heterocycles. The van der Waals surface area contributed by atoms with E-state index in [1.807, 2.05) is 11.4 Å². The highest BCUT2D eigenvalue weighted by molar-refractivity contribution is 9.10. The molecule has 0 radical (unpaired) electrons. The Morgan fingerprint density at radius 3 is 2.79 bits per heavy atom. The van der Waals surface area contributed by atoms with Crippen molar-refractivity contribution in [2.45, 2.75) is 31.8 Å². The zero-order valence-electron chi connectivity index (χ0n) is 8.29. The zero-order chi connectivity index (χ0) is 10.6. The predicted octanol–water partition coefficient (Wildman–Crippen LogP) is 2.54. The predicted molar refractivity (Wildman–Crippen MR) is 64.6 cm³/mol. The highest BCUT2D eigenvalue weighted by Gasteiger charge is 2.24.